The normalized spacial score (nSPS) is 19.8. The zero-order valence-corrected chi connectivity index (χ0v) is 15.8. The second-order valence-electron chi connectivity index (χ2n) is 8.02. The quantitative estimate of drug-likeness (QED) is 0.326. The Kier molecular flexibility index (Phi) is 7.38. The van der Waals surface area contributed by atoms with Gasteiger partial charge in [0, 0.05) is 32.1 Å². The number of amides is 1. The minimum atomic E-state index is 0.187. The van der Waals surface area contributed by atoms with Gasteiger partial charge in [0.15, 0.2) is 5.96 Å². The van der Waals surface area contributed by atoms with Gasteiger partial charge in [-0.1, -0.05) is 20.3 Å². The van der Waals surface area contributed by atoms with Crippen LogP contribution >= 0.6 is 0 Å². The summed E-state index contributed by atoms with van der Waals surface area (Å²) in [5, 5.41) is 9.74. The average Bonchev–Trinajstić information content (AvgIpc) is 3.29. The highest BCUT2D eigenvalue weighted by Crippen LogP contribution is 2.46. The van der Waals surface area contributed by atoms with Crippen LogP contribution in [0, 0.1) is 11.3 Å². The maximum Gasteiger partial charge on any atom is 0.220 e. The molecule has 2 fully saturated rings. The zero-order chi connectivity index (χ0) is 17.4. The molecule has 2 saturated carbocycles. The molecule has 138 valence electrons. The molecule has 2 aliphatic rings. The molecule has 0 aromatic rings. The van der Waals surface area contributed by atoms with Crippen molar-refractivity contribution in [3.05, 3.63) is 0 Å². The van der Waals surface area contributed by atoms with Gasteiger partial charge in [0.25, 0.3) is 0 Å². The number of hydrogen-bond acceptors (Lipinski definition) is 2. The lowest BCUT2D eigenvalue weighted by Crippen LogP contribution is -2.40. The van der Waals surface area contributed by atoms with E-state index in [2.05, 4.69) is 36.7 Å². The summed E-state index contributed by atoms with van der Waals surface area (Å²) < 4.78 is 0. The first-order valence-corrected chi connectivity index (χ1v) is 9.84. The summed E-state index contributed by atoms with van der Waals surface area (Å²) in [5.41, 5.74) is 0.431. The smallest absolute Gasteiger partial charge is 0.220 e. The van der Waals surface area contributed by atoms with E-state index >= 15 is 0 Å². The summed E-state index contributed by atoms with van der Waals surface area (Å²) >= 11 is 0. The standard InChI is InChI=1S/C19H36N4O/c1-4-20-18(21-12-5-7-17(24)23-16-8-9-16)22-14-19(10-6-11-19)13-15(2)3/h15-16H,4-14H2,1-3H3,(H,23,24)(H2,20,21,22). The Morgan fingerprint density at radius 1 is 1.25 bits per heavy atom. The highest BCUT2D eigenvalue weighted by Gasteiger charge is 2.37. The molecule has 0 spiro atoms. The number of nitrogens with zero attached hydrogens (tertiary/aromatic N) is 1. The van der Waals surface area contributed by atoms with E-state index in [1.165, 1.54) is 25.7 Å². The van der Waals surface area contributed by atoms with E-state index < -0.39 is 0 Å². The van der Waals surface area contributed by atoms with E-state index in [0.29, 0.717) is 17.9 Å². The molecule has 0 aromatic heterocycles. The predicted octanol–water partition coefficient (Wildman–Crippen LogP) is 2.82. The van der Waals surface area contributed by atoms with Crippen molar-refractivity contribution in [3.8, 4) is 0 Å². The van der Waals surface area contributed by atoms with Crippen molar-refractivity contribution < 1.29 is 4.79 Å². The van der Waals surface area contributed by atoms with Gasteiger partial charge < -0.3 is 16.0 Å². The molecule has 24 heavy (non-hydrogen) atoms. The van der Waals surface area contributed by atoms with Crippen molar-refractivity contribution >= 4 is 11.9 Å². The Hall–Kier alpha value is -1.26. The van der Waals surface area contributed by atoms with Crippen LogP contribution in [0.1, 0.15) is 72.1 Å². The summed E-state index contributed by atoms with van der Waals surface area (Å²) in [6.45, 7) is 9.28. The lowest BCUT2D eigenvalue weighted by Gasteiger charge is -2.42. The van der Waals surface area contributed by atoms with Crippen molar-refractivity contribution in [2.45, 2.75) is 78.2 Å². The van der Waals surface area contributed by atoms with Crippen molar-refractivity contribution in [1.29, 1.82) is 0 Å². The van der Waals surface area contributed by atoms with Gasteiger partial charge in [-0.2, -0.15) is 0 Å². The summed E-state index contributed by atoms with van der Waals surface area (Å²) in [6, 6.07) is 0.462. The second-order valence-corrected chi connectivity index (χ2v) is 8.02. The van der Waals surface area contributed by atoms with Crippen LogP contribution in [0.3, 0.4) is 0 Å². The first-order valence-electron chi connectivity index (χ1n) is 9.84. The number of guanidine groups is 1. The van der Waals surface area contributed by atoms with Crippen LogP contribution in [0.5, 0.6) is 0 Å². The van der Waals surface area contributed by atoms with Crippen molar-refractivity contribution in [3.63, 3.8) is 0 Å². The highest BCUT2D eigenvalue weighted by molar-refractivity contribution is 5.80. The van der Waals surface area contributed by atoms with Crippen LogP contribution in [0.25, 0.3) is 0 Å². The van der Waals surface area contributed by atoms with Gasteiger partial charge in [-0.15, -0.1) is 0 Å². The largest absolute Gasteiger partial charge is 0.357 e. The van der Waals surface area contributed by atoms with E-state index in [0.717, 1.165) is 50.8 Å². The number of hydrogen-bond donors (Lipinski definition) is 3. The molecule has 5 heteroatoms. The van der Waals surface area contributed by atoms with Gasteiger partial charge in [0.1, 0.15) is 0 Å². The number of rotatable bonds is 10. The van der Waals surface area contributed by atoms with Crippen LogP contribution in [0.2, 0.25) is 0 Å². The van der Waals surface area contributed by atoms with Crippen molar-refractivity contribution in [2.24, 2.45) is 16.3 Å². The van der Waals surface area contributed by atoms with Gasteiger partial charge in [0.05, 0.1) is 0 Å². The third kappa shape index (κ3) is 6.70. The number of carbonyl (C=O) groups is 1. The summed E-state index contributed by atoms with van der Waals surface area (Å²) in [6.07, 6.45) is 9.00. The molecule has 0 saturated heterocycles. The van der Waals surface area contributed by atoms with E-state index in [1.54, 1.807) is 0 Å². The topological polar surface area (TPSA) is 65.5 Å². The molecular weight excluding hydrogens is 300 g/mol. The van der Waals surface area contributed by atoms with Crippen LogP contribution in [-0.4, -0.2) is 37.5 Å². The van der Waals surface area contributed by atoms with E-state index in [1.807, 2.05) is 0 Å². The Bertz CT molecular complexity index is 425. The van der Waals surface area contributed by atoms with E-state index in [4.69, 9.17) is 4.99 Å². The number of nitrogens with one attached hydrogen (secondary N) is 3. The molecule has 0 aromatic carbocycles. The van der Waals surface area contributed by atoms with Crippen LogP contribution in [0.4, 0.5) is 0 Å². The molecule has 5 nitrogen and oxygen atoms in total. The van der Waals surface area contributed by atoms with Crippen LogP contribution < -0.4 is 16.0 Å². The van der Waals surface area contributed by atoms with Crippen molar-refractivity contribution in [1.82, 2.24) is 16.0 Å². The lowest BCUT2D eigenvalue weighted by atomic mass is 9.64. The molecule has 2 aliphatic carbocycles. The fourth-order valence-corrected chi connectivity index (χ4v) is 3.54. The second kappa shape index (κ2) is 9.28. The maximum atomic E-state index is 11.7. The fraction of sp³-hybridized carbons (Fsp3) is 0.895. The first kappa shape index (κ1) is 19.1. The minimum absolute atomic E-state index is 0.187. The minimum Gasteiger partial charge on any atom is -0.357 e. The summed E-state index contributed by atoms with van der Waals surface area (Å²) in [7, 11) is 0. The first-order chi connectivity index (χ1) is 11.5. The van der Waals surface area contributed by atoms with Crippen LogP contribution in [0.15, 0.2) is 4.99 Å². The molecular formula is C19H36N4O. The molecule has 0 atom stereocenters. The van der Waals surface area contributed by atoms with E-state index in [-0.39, 0.29) is 5.91 Å². The van der Waals surface area contributed by atoms with Gasteiger partial charge in [-0.25, -0.2) is 0 Å². The SMILES string of the molecule is CCNC(=NCC1(CC(C)C)CCC1)NCCCC(=O)NC1CC1. The Labute approximate surface area is 147 Å². The average molecular weight is 337 g/mol. The van der Waals surface area contributed by atoms with Gasteiger partial charge in [-0.3, -0.25) is 9.79 Å². The molecule has 0 heterocycles. The Balaban J connectivity index is 1.70. The zero-order valence-electron chi connectivity index (χ0n) is 15.8. The van der Waals surface area contributed by atoms with Gasteiger partial charge in [-0.05, 0) is 56.8 Å². The molecule has 0 radical (unpaired) electrons. The van der Waals surface area contributed by atoms with Gasteiger partial charge >= 0.3 is 0 Å². The third-order valence-electron chi connectivity index (χ3n) is 4.99. The summed E-state index contributed by atoms with van der Waals surface area (Å²) in [5.74, 6) is 1.82. The van der Waals surface area contributed by atoms with Crippen LogP contribution in [-0.2, 0) is 4.79 Å². The number of carbonyl (C=O) groups excluding carboxylic acids is 1. The lowest BCUT2D eigenvalue weighted by molar-refractivity contribution is -0.121. The van der Waals surface area contributed by atoms with Crippen molar-refractivity contribution in [2.75, 3.05) is 19.6 Å². The van der Waals surface area contributed by atoms with Gasteiger partial charge in [0.2, 0.25) is 5.91 Å². The molecule has 3 N–H and O–H groups in total. The highest BCUT2D eigenvalue weighted by atomic mass is 16.1. The molecule has 1 amide bonds. The third-order valence-corrected chi connectivity index (χ3v) is 4.99. The fourth-order valence-electron chi connectivity index (χ4n) is 3.54. The molecule has 2 rings (SSSR count). The number of aliphatic imine (C=N–C) groups is 1. The monoisotopic (exact) mass is 336 g/mol. The van der Waals surface area contributed by atoms with E-state index in [9.17, 15) is 4.79 Å². The molecule has 0 unspecified atom stereocenters. The Morgan fingerprint density at radius 3 is 2.54 bits per heavy atom. The molecule has 0 bridgehead atoms. The predicted molar refractivity (Wildman–Crippen MR) is 100 cm³/mol. The Morgan fingerprint density at radius 2 is 2.00 bits per heavy atom. The molecule has 0 aliphatic heterocycles. The summed E-state index contributed by atoms with van der Waals surface area (Å²) in [4.78, 5) is 16.5. The maximum absolute atomic E-state index is 11.7.